The average molecular weight is 530 g/mol. The molecule has 2 heterocycles. The molecule has 8 heteroatoms. The predicted molar refractivity (Wildman–Crippen MR) is 151 cm³/mol. The summed E-state index contributed by atoms with van der Waals surface area (Å²) in [6, 6.07) is 25.0. The van der Waals surface area contributed by atoms with Crippen LogP contribution in [-0.2, 0) is 6.42 Å². The third kappa shape index (κ3) is 3.87. The molecule has 196 valence electrons. The van der Waals surface area contributed by atoms with E-state index in [0.717, 1.165) is 11.3 Å². The molecule has 8 nitrogen and oxygen atoms in total. The fraction of sp³-hybridized carbons (Fsp3) is 0.125. The first-order valence-corrected chi connectivity index (χ1v) is 12.6. The average Bonchev–Trinajstić information content (AvgIpc) is 3.25. The highest BCUT2D eigenvalue weighted by molar-refractivity contribution is 6.09. The maximum Gasteiger partial charge on any atom is 0.312 e. The zero-order chi connectivity index (χ0) is 28.0. The predicted octanol–water partition coefficient (Wildman–Crippen LogP) is 6.17. The van der Waals surface area contributed by atoms with E-state index in [1.807, 2.05) is 54.4 Å². The van der Waals surface area contributed by atoms with Gasteiger partial charge in [0, 0.05) is 41.9 Å². The first-order chi connectivity index (χ1) is 19.3. The number of rotatable bonds is 5. The minimum atomic E-state index is -0.900. The van der Waals surface area contributed by atoms with E-state index < -0.39 is 10.6 Å². The lowest BCUT2D eigenvalue weighted by Gasteiger charge is -2.39. The molecule has 0 aromatic heterocycles. The number of benzene rings is 4. The second-order valence-corrected chi connectivity index (χ2v) is 9.72. The number of carbonyl (C=O) groups excluding carboxylic acids is 1. The van der Waals surface area contributed by atoms with E-state index in [0.29, 0.717) is 45.6 Å². The smallest absolute Gasteiger partial charge is 0.312 e. The number of nitrogens with zero attached hydrogens (tertiary/aromatic N) is 3. The minimum Gasteiger partial charge on any atom is -0.490 e. The lowest BCUT2D eigenvalue weighted by Crippen LogP contribution is -2.49. The molecule has 1 unspecified atom stereocenters. The molecule has 40 heavy (non-hydrogen) atoms. The molecule has 0 saturated heterocycles. The van der Waals surface area contributed by atoms with Gasteiger partial charge in [-0.15, -0.1) is 0 Å². The van der Waals surface area contributed by atoms with Crippen molar-refractivity contribution in [2.45, 2.75) is 12.1 Å². The standard InChI is InChI=1S/C32H23N3O5/c1-34-26-13-8-20(19-33)16-25(26)18-32(34)15-14-24-17-27(35(37)38)31(39-2)28(30(24)40-32)21-9-11-23(12-10-21)29(36)22-6-4-3-5-7-22/h3-17H,18H2,1-2H3. The topological polar surface area (TPSA) is 106 Å². The van der Waals surface area contributed by atoms with Crippen molar-refractivity contribution >= 4 is 23.2 Å². The van der Waals surface area contributed by atoms with Crippen molar-refractivity contribution in [3.8, 4) is 28.7 Å². The number of fused-ring (bicyclic) bond motifs is 2. The van der Waals surface area contributed by atoms with Gasteiger partial charge in [-0.2, -0.15) is 5.26 Å². The van der Waals surface area contributed by atoms with Crippen LogP contribution in [0.2, 0.25) is 0 Å². The molecule has 4 aromatic carbocycles. The summed E-state index contributed by atoms with van der Waals surface area (Å²) in [5.74, 6) is 0.383. The number of ketones is 1. The van der Waals surface area contributed by atoms with Crippen LogP contribution in [0.1, 0.15) is 32.6 Å². The Bertz CT molecular complexity index is 1760. The molecule has 2 aliphatic rings. The zero-order valence-corrected chi connectivity index (χ0v) is 21.8. The van der Waals surface area contributed by atoms with Gasteiger partial charge in [0.2, 0.25) is 11.5 Å². The first-order valence-electron chi connectivity index (χ1n) is 12.6. The second kappa shape index (κ2) is 9.40. The van der Waals surface area contributed by atoms with Gasteiger partial charge < -0.3 is 14.4 Å². The van der Waals surface area contributed by atoms with Gasteiger partial charge in [-0.1, -0.05) is 54.6 Å². The quantitative estimate of drug-likeness (QED) is 0.173. The summed E-state index contributed by atoms with van der Waals surface area (Å²) in [5, 5.41) is 21.4. The largest absolute Gasteiger partial charge is 0.490 e. The highest BCUT2D eigenvalue weighted by atomic mass is 16.6. The monoisotopic (exact) mass is 529 g/mol. The van der Waals surface area contributed by atoms with E-state index >= 15 is 0 Å². The van der Waals surface area contributed by atoms with Crippen molar-refractivity contribution in [1.29, 1.82) is 5.26 Å². The highest BCUT2D eigenvalue weighted by Gasteiger charge is 2.45. The summed E-state index contributed by atoms with van der Waals surface area (Å²) in [5.41, 5.74) is 4.01. The van der Waals surface area contributed by atoms with Crippen LogP contribution < -0.4 is 14.4 Å². The van der Waals surface area contributed by atoms with Gasteiger partial charge in [0.05, 0.1) is 29.2 Å². The number of hydrogen-bond acceptors (Lipinski definition) is 7. The molecule has 0 saturated carbocycles. The van der Waals surface area contributed by atoms with Crippen molar-refractivity contribution in [1.82, 2.24) is 0 Å². The Balaban J connectivity index is 1.47. The molecule has 0 amide bonds. The van der Waals surface area contributed by atoms with E-state index in [9.17, 15) is 20.2 Å². The molecule has 1 spiro atoms. The Kier molecular flexibility index (Phi) is 5.85. The van der Waals surface area contributed by atoms with E-state index in [2.05, 4.69) is 6.07 Å². The van der Waals surface area contributed by atoms with E-state index in [4.69, 9.17) is 9.47 Å². The van der Waals surface area contributed by atoms with Crippen LogP contribution in [0.5, 0.6) is 11.5 Å². The number of nitro benzene ring substituents is 1. The van der Waals surface area contributed by atoms with E-state index in [1.54, 1.807) is 42.5 Å². The van der Waals surface area contributed by atoms with Crippen molar-refractivity contribution < 1.29 is 19.2 Å². The number of carbonyl (C=O) groups is 1. The molecule has 0 fully saturated rings. The van der Waals surface area contributed by atoms with Crippen LogP contribution in [0, 0.1) is 21.4 Å². The summed E-state index contributed by atoms with van der Waals surface area (Å²) in [6.07, 6.45) is 4.20. The maximum absolute atomic E-state index is 13.0. The first kappa shape index (κ1) is 24.9. The van der Waals surface area contributed by atoms with Gasteiger partial charge in [-0.25, -0.2) is 0 Å². The van der Waals surface area contributed by atoms with Gasteiger partial charge in [0.15, 0.2) is 5.78 Å². The third-order valence-corrected chi connectivity index (χ3v) is 7.50. The molecule has 0 aliphatic carbocycles. The van der Waals surface area contributed by atoms with Gasteiger partial charge in [-0.3, -0.25) is 14.9 Å². The summed E-state index contributed by atoms with van der Waals surface area (Å²) in [4.78, 5) is 26.5. The Morgan fingerprint density at radius 3 is 2.48 bits per heavy atom. The molecule has 2 aliphatic heterocycles. The second-order valence-electron chi connectivity index (χ2n) is 9.72. The number of likely N-dealkylation sites (N-methyl/N-ethyl adjacent to an activating group) is 1. The molecular formula is C32H23N3O5. The zero-order valence-electron chi connectivity index (χ0n) is 21.8. The minimum absolute atomic E-state index is 0.0706. The molecule has 4 aromatic rings. The fourth-order valence-corrected chi connectivity index (χ4v) is 5.46. The molecular weight excluding hydrogens is 506 g/mol. The Labute approximate surface area is 230 Å². The van der Waals surface area contributed by atoms with E-state index in [-0.39, 0.29) is 17.2 Å². The van der Waals surface area contributed by atoms with Crippen LogP contribution in [-0.4, -0.2) is 30.6 Å². The number of nitro groups is 1. The van der Waals surface area contributed by atoms with Crippen molar-refractivity contribution in [3.63, 3.8) is 0 Å². The highest BCUT2D eigenvalue weighted by Crippen LogP contribution is 2.52. The molecule has 0 radical (unpaired) electrons. The maximum atomic E-state index is 13.0. The van der Waals surface area contributed by atoms with Crippen LogP contribution in [0.25, 0.3) is 17.2 Å². The Hall–Kier alpha value is -5.42. The SMILES string of the molecule is COc1c([N+](=O)[O-])cc2c(c1-c1ccc(C(=O)c3ccccc3)cc1)OC1(C=C2)Cc2cc(C#N)ccc2N1C. The van der Waals surface area contributed by atoms with Gasteiger partial charge >= 0.3 is 5.69 Å². The lowest BCUT2D eigenvalue weighted by atomic mass is 9.93. The van der Waals surface area contributed by atoms with Gasteiger partial charge in [-0.05, 0) is 41.5 Å². The summed E-state index contributed by atoms with van der Waals surface area (Å²) in [6.45, 7) is 0. The Morgan fingerprint density at radius 1 is 1.07 bits per heavy atom. The van der Waals surface area contributed by atoms with Crippen molar-refractivity contribution in [2.24, 2.45) is 0 Å². The lowest BCUT2D eigenvalue weighted by molar-refractivity contribution is -0.385. The number of ether oxygens (including phenoxy) is 2. The van der Waals surface area contributed by atoms with Crippen molar-refractivity contribution in [3.05, 3.63) is 123 Å². The summed E-state index contributed by atoms with van der Waals surface area (Å²) >= 11 is 0. The summed E-state index contributed by atoms with van der Waals surface area (Å²) < 4.78 is 12.4. The fourth-order valence-electron chi connectivity index (χ4n) is 5.46. The van der Waals surface area contributed by atoms with Gasteiger partial charge in [0.25, 0.3) is 0 Å². The summed E-state index contributed by atoms with van der Waals surface area (Å²) in [7, 11) is 3.31. The number of methoxy groups -OCH3 is 1. The number of hydrogen-bond donors (Lipinski definition) is 0. The molecule has 0 bridgehead atoms. The molecule has 0 N–H and O–H groups in total. The normalized spacial score (nSPS) is 16.6. The van der Waals surface area contributed by atoms with Crippen LogP contribution in [0.3, 0.4) is 0 Å². The molecule has 1 atom stereocenters. The number of anilines is 1. The van der Waals surface area contributed by atoms with Crippen LogP contribution in [0.15, 0.2) is 84.9 Å². The third-order valence-electron chi connectivity index (χ3n) is 7.50. The van der Waals surface area contributed by atoms with Crippen LogP contribution >= 0.6 is 0 Å². The molecule has 6 rings (SSSR count). The number of nitriles is 1. The van der Waals surface area contributed by atoms with E-state index in [1.165, 1.54) is 13.2 Å². The van der Waals surface area contributed by atoms with Crippen molar-refractivity contribution in [2.75, 3.05) is 19.1 Å². The van der Waals surface area contributed by atoms with Gasteiger partial charge in [0.1, 0.15) is 5.75 Å². The van der Waals surface area contributed by atoms with Crippen LogP contribution in [0.4, 0.5) is 11.4 Å². The Morgan fingerprint density at radius 2 is 1.80 bits per heavy atom.